The Morgan fingerprint density at radius 2 is 2.05 bits per heavy atom. The first kappa shape index (κ1) is 11.8. The maximum atomic E-state index is 13.7. The molecular formula is C14H11F2N3. The average Bonchev–Trinajstić information content (AvgIpc) is 2.86. The zero-order valence-corrected chi connectivity index (χ0v) is 10.1. The molecule has 0 saturated carbocycles. The molecule has 0 spiro atoms. The quantitative estimate of drug-likeness (QED) is 0.790. The van der Waals surface area contributed by atoms with E-state index in [9.17, 15) is 8.78 Å². The van der Waals surface area contributed by atoms with Gasteiger partial charge < -0.3 is 4.57 Å². The molecule has 2 heterocycles. The Morgan fingerprint density at radius 3 is 2.74 bits per heavy atom. The lowest BCUT2D eigenvalue weighted by atomic mass is 9.88. The molecule has 1 aliphatic rings. The molecule has 96 valence electrons. The second kappa shape index (κ2) is 4.47. The molecule has 5 heteroatoms. The molecule has 1 aromatic heterocycles. The molecule has 0 aliphatic carbocycles. The van der Waals surface area contributed by atoms with Gasteiger partial charge in [-0.15, -0.1) is 0 Å². The fourth-order valence-electron chi connectivity index (χ4n) is 2.66. The standard InChI is InChI=1S/C14H11F2N3/c15-12-4-9(5-13(16)11(12)6-17)10-2-1-3-19-8-18-7-14(10)19/h4-5,7-8,10H,1-3H2. The van der Waals surface area contributed by atoms with Crippen molar-refractivity contribution >= 4 is 0 Å². The molecular weight excluding hydrogens is 248 g/mol. The number of nitriles is 1. The summed E-state index contributed by atoms with van der Waals surface area (Å²) in [6, 6.07) is 4.06. The normalized spacial score (nSPS) is 17.8. The van der Waals surface area contributed by atoms with E-state index in [1.807, 2.05) is 4.57 Å². The summed E-state index contributed by atoms with van der Waals surface area (Å²) in [6.45, 7) is 0.882. The van der Waals surface area contributed by atoms with Gasteiger partial charge in [-0.2, -0.15) is 5.26 Å². The van der Waals surface area contributed by atoms with Gasteiger partial charge in [0.25, 0.3) is 0 Å². The number of hydrogen-bond acceptors (Lipinski definition) is 2. The molecule has 0 amide bonds. The zero-order valence-electron chi connectivity index (χ0n) is 10.1. The fraction of sp³-hybridized carbons (Fsp3) is 0.286. The minimum Gasteiger partial charge on any atom is -0.334 e. The highest BCUT2D eigenvalue weighted by atomic mass is 19.1. The monoisotopic (exact) mass is 259 g/mol. The van der Waals surface area contributed by atoms with Gasteiger partial charge in [0, 0.05) is 24.4 Å². The second-order valence-corrected chi connectivity index (χ2v) is 4.68. The van der Waals surface area contributed by atoms with Crippen molar-refractivity contribution in [2.75, 3.05) is 0 Å². The van der Waals surface area contributed by atoms with E-state index in [-0.39, 0.29) is 5.92 Å². The van der Waals surface area contributed by atoms with Gasteiger partial charge in [-0.25, -0.2) is 13.8 Å². The number of imidazole rings is 1. The lowest BCUT2D eigenvalue weighted by molar-refractivity contribution is 0.486. The number of rotatable bonds is 1. The maximum absolute atomic E-state index is 13.7. The van der Waals surface area contributed by atoms with Crippen molar-refractivity contribution in [1.29, 1.82) is 5.26 Å². The molecule has 0 bridgehead atoms. The van der Waals surface area contributed by atoms with Crippen LogP contribution in [0.3, 0.4) is 0 Å². The molecule has 0 fully saturated rings. The first-order valence-corrected chi connectivity index (χ1v) is 6.09. The molecule has 2 aromatic rings. The van der Waals surface area contributed by atoms with E-state index in [4.69, 9.17) is 5.26 Å². The van der Waals surface area contributed by atoms with Gasteiger partial charge in [0.05, 0.1) is 6.33 Å². The number of hydrogen-bond donors (Lipinski definition) is 0. The van der Waals surface area contributed by atoms with Crippen molar-refractivity contribution in [3.63, 3.8) is 0 Å². The van der Waals surface area contributed by atoms with E-state index in [1.165, 1.54) is 12.1 Å². The summed E-state index contributed by atoms with van der Waals surface area (Å²) >= 11 is 0. The molecule has 3 nitrogen and oxygen atoms in total. The van der Waals surface area contributed by atoms with Crippen molar-refractivity contribution in [3.8, 4) is 6.07 Å². The Bertz CT molecular complexity index is 647. The van der Waals surface area contributed by atoms with Gasteiger partial charge in [-0.05, 0) is 30.5 Å². The number of halogens is 2. The predicted octanol–water partition coefficient (Wildman–Crippen LogP) is 2.96. The van der Waals surface area contributed by atoms with Crippen molar-refractivity contribution in [3.05, 3.63) is 53.1 Å². The first-order valence-electron chi connectivity index (χ1n) is 6.09. The zero-order chi connectivity index (χ0) is 13.4. The van der Waals surface area contributed by atoms with Crippen LogP contribution in [-0.4, -0.2) is 9.55 Å². The number of aromatic nitrogens is 2. The highest BCUT2D eigenvalue weighted by Gasteiger charge is 2.24. The predicted molar refractivity (Wildman–Crippen MR) is 64.4 cm³/mol. The summed E-state index contributed by atoms with van der Waals surface area (Å²) in [5.41, 5.74) is 1.01. The lowest BCUT2D eigenvalue weighted by Gasteiger charge is -2.24. The van der Waals surface area contributed by atoms with Crippen LogP contribution in [0.25, 0.3) is 0 Å². The van der Waals surface area contributed by atoms with Gasteiger partial charge in [-0.3, -0.25) is 0 Å². The van der Waals surface area contributed by atoms with Crippen molar-refractivity contribution in [2.45, 2.75) is 25.3 Å². The van der Waals surface area contributed by atoms with Crippen molar-refractivity contribution in [2.24, 2.45) is 0 Å². The summed E-state index contributed by atoms with van der Waals surface area (Å²) in [6.07, 6.45) is 5.24. The van der Waals surface area contributed by atoms with Crippen LogP contribution in [0.2, 0.25) is 0 Å². The van der Waals surface area contributed by atoms with Gasteiger partial charge in [0.15, 0.2) is 0 Å². The Morgan fingerprint density at radius 1 is 1.32 bits per heavy atom. The number of benzene rings is 1. The second-order valence-electron chi connectivity index (χ2n) is 4.68. The van der Waals surface area contributed by atoms with Gasteiger partial charge in [0.2, 0.25) is 0 Å². The smallest absolute Gasteiger partial charge is 0.144 e. The van der Waals surface area contributed by atoms with Crippen LogP contribution in [0.5, 0.6) is 0 Å². The Kier molecular flexibility index (Phi) is 2.79. The largest absolute Gasteiger partial charge is 0.334 e. The lowest BCUT2D eigenvalue weighted by Crippen LogP contribution is -2.16. The molecule has 1 aromatic carbocycles. The average molecular weight is 259 g/mol. The van der Waals surface area contributed by atoms with Gasteiger partial charge in [0.1, 0.15) is 23.3 Å². The van der Waals surface area contributed by atoms with Crippen LogP contribution < -0.4 is 0 Å². The molecule has 3 rings (SSSR count). The first-order chi connectivity index (χ1) is 9.20. The van der Waals surface area contributed by atoms with E-state index in [0.29, 0.717) is 5.56 Å². The summed E-state index contributed by atoms with van der Waals surface area (Å²) < 4.78 is 29.4. The molecule has 0 N–H and O–H groups in total. The number of nitrogens with zero attached hydrogens (tertiary/aromatic N) is 3. The van der Waals surface area contributed by atoms with E-state index >= 15 is 0 Å². The van der Waals surface area contributed by atoms with Crippen LogP contribution in [0.15, 0.2) is 24.7 Å². The van der Waals surface area contributed by atoms with E-state index in [2.05, 4.69) is 4.98 Å². The van der Waals surface area contributed by atoms with Crippen molar-refractivity contribution < 1.29 is 8.78 Å². The van der Waals surface area contributed by atoms with Crippen LogP contribution in [0.4, 0.5) is 8.78 Å². The third kappa shape index (κ3) is 1.89. The summed E-state index contributed by atoms with van der Waals surface area (Å²) in [4.78, 5) is 4.08. The van der Waals surface area contributed by atoms with E-state index in [1.54, 1.807) is 18.6 Å². The summed E-state index contributed by atoms with van der Waals surface area (Å²) in [5.74, 6) is -1.66. The number of aryl methyl sites for hydroxylation is 1. The minimum absolute atomic E-state index is 0.0620. The number of fused-ring (bicyclic) bond motifs is 1. The Labute approximate surface area is 109 Å². The highest BCUT2D eigenvalue weighted by molar-refractivity contribution is 5.38. The van der Waals surface area contributed by atoms with Crippen LogP contribution in [0.1, 0.15) is 35.6 Å². The minimum atomic E-state index is -0.797. The third-order valence-electron chi connectivity index (χ3n) is 3.57. The SMILES string of the molecule is N#Cc1c(F)cc(C2CCCn3cncc32)cc1F. The van der Waals surface area contributed by atoms with Gasteiger partial charge in [-0.1, -0.05) is 0 Å². The summed E-state index contributed by atoms with van der Waals surface area (Å²) in [7, 11) is 0. The molecule has 0 radical (unpaired) electrons. The van der Waals surface area contributed by atoms with Gasteiger partial charge >= 0.3 is 0 Å². The molecule has 1 unspecified atom stereocenters. The Hall–Kier alpha value is -2.22. The molecule has 19 heavy (non-hydrogen) atoms. The topological polar surface area (TPSA) is 41.6 Å². The van der Waals surface area contributed by atoms with E-state index < -0.39 is 17.2 Å². The Balaban J connectivity index is 2.08. The molecule has 1 atom stereocenters. The fourth-order valence-corrected chi connectivity index (χ4v) is 2.66. The van der Waals surface area contributed by atoms with E-state index in [0.717, 1.165) is 25.1 Å². The third-order valence-corrected chi connectivity index (χ3v) is 3.57. The van der Waals surface area contributed by atoms with Crippen LogP contribution >= 0.6 is 0 Å². The molecule has 0 saturated heterocycles. The maximum Gasteiger partial charge on any atom is 0.144 e. The summed E-state index contributed by atoms with van der Waals surface area (Å²) in [5, 5.41) is 8.68. The van der Waals surface area contributed by atoms with Crippen molar-refractivity contribution in [1.82, 2.24) is 9.55 Å². The van der Waals surface area contributed by atoms with Crippen LogP contribution in [0, 0.1) is 23.0 Å². The highest BCUT2D eigenvalue weighted by Crippen LogP contribution is 2.34. The van der Waals surface area contributed by atoms with Crippen LogP contribution in [-0.2, 0) is 6.54 Å². The molecule has 1 aliphatic heterocycles.